The molecule has 0 saturated carbocycles. The molecule has 7 heteroatoms. The van der Waals surface area contributed by atoms with Gasteiger partial charge in [0.15, 0.2) is 0 Å². The fraction of sp³-hybridized carbons (Fsp3) is 0.182. The van der Waals surface area contributed by atoms with Crippen LogP contribution in [0.4, 0.5) is 5.69 Å². The van der Waals surface area contributed by atoms with E-state index < -0.39 is 4.92 Å². The van der Waals surface area contributed by atoms with Crippen molar-refractivity contribution >= 4 is 17.3 Å². The lowest BCUT2D eigenvalue weighted by Gasteiger charge is -2.05. The van der Waals surface area contributed by atoms with E-state index in [2.05, 4.69) is 5.16 Å². The molecule has 0 unspecified atom stereocenters. The van der Waals surface area contributed by atoms with Crippen molar-refractivity contribution in [1.29, 1.82) is 0 Å². The molecule has 0 spiro atoms. The minimum atomic E-state index is -0.510. The lowest BCUT2D eigenvalue weighted by atomic mass is 10.3. The monoisotopic (exact) mass is 268 g/mol. The van der Waals surface area contributed by atoms with Gasteiger partial charge in [0.1, 0.15) is 23.8 Å². The zero-order chi connectivity index (χ0) is 13.1. The van der Waals surface area contributed by atoms with E-state index in [0.717, 1.165) is 0 Å². The molecule has 6 nitrogen and oxygen atoms in total. The van der Waals surface area contributed by atoms with Crippen LogP contribution in [-0.4, -0.2) is 10.1 Å². The summed E-state index contributed by atoms with van der Waals surface area (Å²) < 4.78 is 10.2. The molecule has 0 amide bonds. The van der Waals surface area contributed by atoms with Crippen LogP contribution >= 0.6 is 11.6 Å². The van der Waals surface area contributed by atoms with Gasteiger partial charge in [0, 0.05) is 12.1 Å². The Morgan fingerprint density at radius 2 is 2.28 bits per heavy atom. The minimum Gasteiger partial charge on any atom is -0.485 e. The average Bonchev–Trinajstić information content (AvgIpc) is 2.74. The number of nitrogens with zero attached hydrogens (tertiary/aromatic N) is 2. The van der Waals surface area contributed by atoms with Gasteiger partial charge in [-0.05, 0) is 13.0 Å². The van der Waals surface area contributed by atoms with Crippen molar-refractivity contribution in [3.63, 3.8) is 0 Å². The molecule has 0 aliphatic rings. The third-order valence-electron chi connectivity index (χ3n) is 2.18. The smallest absolute Gasteiger partial charge is 0.273 e. The number of halogens is 1. The Labute approximate surface area is 107 Å². The van der Waals surface area contributed by atoms with Gasteiger partial charge in [-0.15, -0.1) is 0 Å². The van der Waals surface area contributed by atoms with Crippen LogP contribution in [-0.2, 0) is 6.61 Å². The first-order valence-electron chi connectivity index (χ1n) is 5.05. The van der Waals surface area contributed by atoms with Crippen molar-refractivity contribution in [2.24, 2.45) is 0 Å². The zero-order valence-corrected chi connectivity index (χ0v) is 10.2. The topological polar surface area (TPSA) is 78.4 Å². The molecule has 94 valence electrons. The maximum Gasteiger partial charge on any atom is 0.273 e. The highest BCUT2D eigenvalue weighted by Gasteiger charge is 2.11. The number of aromatic nitrogens is 1. The van der Waals surface area contributed by atoms with Gasteiger partial charge in [0.2, 0.25) is 0 Å². The van der Waals surface area contributed by atoms with Gasteiger partial charge in [-0.1, -0.05) is 16.8 Å². The second kappa shape index (κ2) is 5.05. The summed E-state index contributed by atoms with van der Waals surface area (Å²) >= 11 is 5.88. The average molecular weight is 269 g/mol. The molecule has 0 N–H and O–H groups in total. The molecule has 1 aromatic heterocycles. The third-order valence-corrected chi connectivity index (χ3v) is 2.49. The fourth-order valence-electron chi connectivity index (χ4n) is 1.35. The Morgan fingerprint density at radius 1 is 1.50 bits per heavy atom. The van der Waals surface area contributed by atoms with E-state index in [9.17, 15) is 10.1 Å². The predicted molar refractivity (Wildman–Crippen MR) is 63.7 cm³/mol. The summed E-state index contributed by atoms with van der Waals surface area (Å²) in [4.78, 5) is 10.1. The van der Waals surface area contributed by atoms with Crippen LogP contribution in [0.1, 0.15) is 11.5 Å². The van der Waals surface area contributed by atoms with E-state index in [0.29, 0.717) is 16.5 Å². The van der Waals surface area contributed by atoms with Crippen LogP contribution in [0.15, 0.2) is 28.8 Å². The lowest BCUT2D eigenvalue weighted by Crippen LogP contribution is -1.97. The van der Waals surface area contributed by atoms with Crippen LogP contribution in [0.3, 0.4) is 0 Å². The summed E-state index contributed by atoms with van der Waals surface area (Å²) in [6.07, 6.45) is 0. The fourth-order valence-corrected chi connectivity index (χ4v) is 1.53. The number of nitro benzene ring substituents is 1. The number of benzene rings is 1. The standard InChI is InChI=1S/C11H9ClN2O4/c1-7-4-8(13-18-7)6-17-11-5-9(14(15)16)2-3-10(11)12/h2-5H,6H2,1H3. The first-order valence-corrected chi connectivity index (χ1v) is 5.43. The lowest BCUT2D eigenvalue weighted by molar-refractivity contribution is -0.384. The molecule has 0 aliphatic heterocycles. The molecule has 2 aromatic rings. The maximum absolute atomic E-state index is 10.6. The van der Waals surface area contributed by atoms with Crippen LogP contribution in [0.25, 0.3) is 0 Å². The van der Waals surface area contributed by atoms with Crippen molar-refractivity contribution in [2.75, 3.05) is 0 Å². The van der Waals surface area contributed by atoms with Crippen molar-refractivity contribution in [3.8, 4) is 5.75 Å². The van der Waals surface area contributed by atoms with Crippen molar-refractivity contribution in [1.82, 2.24) is 5.16 Å². The number of aryl methyl sites for hydroxylation is 1. The van der Waals surface area contributed by atoms with Gasteiger partial charge >= 0.3 is 0 Å². The number of non-ortho nitro benzene ring substituents is 1. The van der Waals surface area contributed by atoms with E-state index in [1.165, 1.54) is 18.2 Å². The molecule has 0 saturated heterocycles. The minimum absolute atomic E-state index is 0.0780. The Hall–Kier alpha value is -2.08. The number of hydrogen-bond donors (Lipinski definition) is 0. The quantitative estimate of drug-likeness (QED) is 0.629. The SMILES string of the molecule is Cc1cc(COc2cc([N+](=O)[O-])ccc2Cl)no1. The van der Waals surface area contributed by atoms with Crippen molar-refractivity contribution in [2.45, 2.75) is 13.5 Å². The van der Waals surface area contributed by atoms with Gasteiger partial charge in [0.05, 0.1) is 16.0 Å². The Bertz CT molecular complexity index is 582. The molecule has 1 heterocycles. The third kappa shape index (κ3) is 2.78. The normalized spacial score (nSPS) is 10.3. The number of hydrogen-bond acceptors (Lipinski definition) is 5. The first-order chi connectivity index (χ1) is 8.56. The molecular formula is C11H9ClN2O4. The molecule has 0 bridgehead atoms. The summed E-state index contributed by atoms with van der Waals surface area (Å²) in [6.45, 7) is 1.90. The number of nitro groups is 1. The highest BCUT2D eigenvalue weighted by molar-refractivity contribution is 6.32. The second-order valence-electron chi connectivity index (χ2n) is 3.59. The highest BCUT2D eigenvalue weighted by atomic mass is 35.5. The Morgan fingerprint density at radius 3 is 2.89 bits per heavy atom. The van der Waals surface area contributed by atoms with Gasteiger partial charge in [-0.25, -0.2) is 0 Å². The Balaban J connectivity index is 2.13. The molecule has 0 radical (unpaired) electrons. The summed E-state index contributed by atoms with van der Waals surface area (Å²) in [6, 6.07) is 5.72. The van der Waals surface area contributed by atoms with E-state index >= 15 is 0 Å². The largest absolute Gasteiger partial charge is 0.485 e. The first kappa shape index (κ1) is 12.4. The summed E-state index contributed by atoms with van der Waals surface area (Å²) in [5, 5.41) is 14.7. The van der Waals surface area contributed by atoms with E-state index in [1.807, 2.05) is 0 Å². The van der Waals surface area contributed by atoms with Gasteiger partial charge in [-0.2, -0.15) is 0 Å². The van der Waals surface area contributed by atoms with Crippen molar-refractivity contribution in [3.05, 3.63) is 50.9 Å². The van der Waals surface area contributed by atoms with E-state index in [4.69, 9.17) is 20.9 Å². The van der Waals surface area contributed by atoms with Crippen molar-refractivity contribution < 1.29 is 14.2 Å². The Kier molecular flexibility index (Phi) is 3.47. The molecule has 2 rings (SSSR count). The number of rotatable bonds is 4. The summed E-state index contributed by atoms with van der Waals surface area (Å²) in [5.74, 6) is 0.908. The molecule has 18 heavy (non-hydrogen) atoms. The van der Waals surface area contributed by atoms with Crippen LogP contribution in [0.2, 0.25) is 5.02 Å². The molecule has 0 aliphatic carbocycles. The molecule has 1 aromatic carbocycles. The number of ether oxygens (including phenoxy) is 1. The molecule has 0 fully saturated rings. The summed E-state index contributed by atoms with van der Waals surface area (Å²) in [5.41, 5.74) is 0.515. The van der Waals surface area contributed by atoms with Gasteiger partial charge < -0.3 is 9.26 Å². The van der Waals surface area contributed by atoms with Crippen LogP contribution < -0.4 is 4.74 Å². The van der Waals surface area contributed by atoms with Gasteiger partial charge in [0.25, 0.3) is 5.69 Å². The molecule has 0 atom stereocenters. The molecular weight excluding hydrogens is 260 g/mol. The maximum atomic E-state index is 10.6. The summed E-state index contributed by atoms with van der Waals surface area (Å²) in [7, 11) is 0. The zero-order valence-electron chi connectivity index (χ0n) is 9.42. The van der Waals surface area contributed by atoms with E-state index in [-0.39, 0.29) is 18.0 Å². The predicted octanol–water partition coefficient (Wildman–Crippen LogP) is 3.12. The van der Waals surface area contributed by atoms with E-state index in [1.54, 1.807) is 13.0 Å². The highest BCUT2D eigenvalue weighted by Crippen LogP contribution is 2.29. The van der Waals surface area contributed by atoms with Gasteiger partial charge in [-0.3, -0.25) is 10.1 Å². The van der Waals surface area contributed by atoms with Crippen LogP contribution in [0, 0.1) is 17.0 Å². The second-order valence-corrected chi connectivity index (χ2v) is 4.00. The van der Waals surface area contributed by atoms with Crippen LogP contribution in [0.5, 0.6) is 5.75 Å².